The van der Waals surface area contributed by atoms with Crippen LogP contribution < -0.4 is 0 Å². The summed E-state index contributed by atoms with van der Waals surface area (Å²) in [6.45, 7) is 6.21. The molecule has 2 aliphatic heterocycles. The van der Waals surface area contributed by atoms with Gasteiger partial charge in [-0.2, -0.15) is 0 Å². The van der Waals surface area contributed by atoms with E-state index >= 15 is 0 Å². The Kier molecular flexibility index (Phi) is 2.28. The largest absolute Gasteiger partial charge is 0.342 e. The molecule has 3 heteroatoms. The van der Waals surface area contributed by atoms with E-state index < -0.39 is 0 Å². The SMILES string of the molecule is CC1CN(C(=O)C2CCN(C)C2)C1. The van der Waals surface area contributed by atoms with Gasteiger partial charge in [0, 0.05) is 19.6 Å². The van der Waals surface area contributed by atoms with Crippen molar-refractivity contribution in [1.29, 1.82) is 0 Å². The highest BCUT2D eigenvalue weighted by Crippen LogP contribution is 2.22. The Morgan fingerprint density at radius 2 is 2.00 bits per heavy atom. The van der Waals surface area contributed by atoms with E-state index in [1.54, 1.807) is 0 Å². The maximum atomic E-state index is 11.8. The molecule has 2 aliphatic rings. The molecule has 3 nitrogen and oxygen atoms in total. The van der Waals surface area contributed by atoms with E-state index in [2.05, 4.69) is 18.9 Å². The summed E-state index contributed by atoms with van der Waals surface area (Å²) in [6, 6.07) is 0. The van der Waals surface area contributed by atoms with E-state index in [1.807, 2.05) is 4.90 Å². The number of likely N-dealkylation sites (tertiary alicyclic amines) is 2. The van der Waals surface area contributed by atoms with Crippen LogP contribution in [0.25, 0.3) is 0 Å². The van der Waals surface area contributed by atoms with Crippen LogP contribution in [0.3, 0.4) is 0 Å². The molecule has 2 saturated heterocycles. The first kappa shape index (κ1) is 9.00. The molecule has 0 aromatic heterocycles. The standard InChI is InChI=1S/C10H18N2O/c1-8-5-12(6-8)10(13)9-3-4-11(2)7-9/h8-9H,3-7H2,1-2H3. The molecule has 0 aromatic carbocycles. The van der Waals surface area contributed by atoms with Crippen LogP contribution in [0.2, 0.25) is 0 Å². The molecule has 0 aromatic rings. The lowest BCUT2D eigenvalue weighted by Gasteiger charge is -2.38. The Morgan fingerprint density at radius 3 is 2.46 bits per heavy atom. The zero-order valence-electron chi connectivity index (χ0n) is 8.49. The van der Waals surface area contributed by atoms with Gasteiger partial charge in [0.2, 0.25) is 5.91 Å². The van der Waals surface area contributed by atoms with Gasteiger partial charge >= 0.3 is 0 Å². The van der Waals surface area contributed by atoms with Crippen molar-refractivity contribution in [3.63, 3.8) is 0 Å². The fraction of sp³-hybridized carbons (Fsp3) is 0.900. The topological polar surface area (TPSA) is 23.6 Å². The molecular weight excluding hydrogens is 164 g/mol. The lowest BCUT2D eigenvalue weighted by Crippen LogP contribution is -2.51. The predicted octanol–water partition coefficient (Wildman–Crippen LogP) is 0.416. The fourth-order valence-corrected chi connectivity index (χ4v) is 2.27. The average Bonchev–Trinajstić information content (AvgIpc) is 2.45. The van der Waals surface area contributed by atoms with Crippen molar-refractivity contribution in [2.75, 3.05) is 33.2 Å². The third-order valence-corrected chi connectivity index (χ3v) is 3.12. The fourth-order valence-electron chi connectivity index (χ4n) is 2.27. The summed E-state index contributed by atoms with van der Waals surface area (Å²) in [5.74, 6) is 1.41. The molecule has 0 aliphatic carbocycles. The van der Waals surface area contributed by atoms with Crippen LogP contribution in [0.4, 0.5) is 0 Å². The maximum Gasteiger partial charge on any atom is 0.227 e. The molecule has 0 N–H and O–H groups in total. The average molecular weight is 182 g/mol. The van der Waals surface area contributed by atoms with E-state index in [0.717, 1.165) is 38.5 Å². The van der Waals surface area contributed by atoms with Gasteiger partial charge in [0.25, 0.3) is 0 Å². The number of rotatable bonds is 1. The van der Waals surface area contributed by atoms with Crippen LogP contribution in [0.5, 0.6) is 0 Å². The summed E-state index contributed by atoms with van der Waals surface area (Å²) < 4.78 is 0. The number of amides is 1. The molecule has 2 fully saturated rings. The van der Waals surface area contributed by atoms with Gasteiger partial charge in [0.15, 0.2) is 0 Å². The van der Waals surface area contributed by atoms with Crippen molar-refractivity contribution < 1.29 is 4.79 Å². The van der Waals surface area contributed by atoms with Gasteiger partial charge in [-0.1, -0.05) is 6.92 Å². The van der Waals surface area contributed by atoms with Gasteiger partial charge in [0.05, 0.1) is 5.92 Å². The molecule has 0 radical (unpaired) electrons. The minimum absolute atomic E-state index is 0.289. The monoisotopic (exact) mass is 182 g/mol. The summed E-state index contributed by atoms with van der Waals surface area (Å²) in [6.07, 6.45) is 1.06. The molecule has 0 saturated carbocycles. The normalized spacial score (nSPS) is 30.6. The molecule has 1 amide bonds. The molecule has 0 spiro atoms. The highest BCUT2D eigenvalue weighted by Gasteiger charge is 2.34. The highest BCUT2D eigenvalue weighted by atomic mass is 16.2. The molecular formula is C10H18N2O. The van der Waals surface area contributed by atoms with Crippen molar-refractivity contribution >= 4 is 5.91 Å². The zero-order valence-corrected chi connectivity index (χ0v) is 8.49. The third-order valence-electron chi connectivity index (χ3n) is 3.12. The van der Waals surface area contributed by atoms with E-state index in [0.29, 0.717) is 5.91 Å². The van der Waals surface area contributed by atoms with Gasteiger partial charge in [-0.15, -0.1) is 0 Å². The van der Waals surface area contributed by atoms with Crippen molar-refractivity contribution in [3.05, 3.63) is 0 Å². The summed E-state index contributed by atoms with van der Waals surface area (Å²) in [7, 11) is 2.09. The van der Waals surface area contributed by atoms with Crippen molar-refractivity contribution in [2.45, 2.75) is 13.3 Å². The van der Waals surface area contributed by atoms with Crippen LogP contribution >= 0.6 is 0 Å². The Bertz CT molecular complexity index is 211. The lowest BCUT2D eigenvalue weighted by atomic mass is 9.99. The number of nitrogens with zero attached hydrogens (tertiary/aromatic N) is 2. The van der Waals surface area contributed by atoms with Gasteiger partial charge in [-0.05, 0) is 25.9 Å². The highest BCUT2D eigenvalue weighted by molar-refractivity contribution is 5.80. The first-order valence-electron chi connectivity index (χ1n) is 5.14. The van der Waals surface area contributed by atoms with Crippen LogP contribution in [0.1, 0.15) is 13.3 Å². The van der Waals surface area contributed by atoms with E-state index in [4.69, 9.17) is 0 Å². The molecule has 0 bridgehead atoms. The van der Waals surface area contributed by atoms with Crippen LogP contribution in [-0.2, 0) is 4.79 Å². The number of hydrogen-bond donors (Lipinski definition) is 0. The lowest BCUT2D eigenvalue weighted by molar-refractivity contribution is -0.141. The maximum absolute atomic E-state index is 11.8. The summed E-state index contributed by atoms with van der Waals surface area (Å²) >= 11 is 0. The second kappa shape index (κ2) is 3.29. The predicted molar refractivity (Wildman–Crippen MR) is 51.3 cm³/mol. The summed E-state index contributed by atoms with van der Waals surface area (Å²) in [5.41, 5.74) is 0. The van der Waals surface area contributed by atoms with E-state index in [9.17, 15) is 4.79 Å². The Labute approximate surface area is 79.7 Å². The Morgan fingerprint density at radius 1 is 1.31 bits per heavy atom. The van der Waals surface area contributed by atoms with E-state index in [-0.39, 0.29) is 5.92 Å². The van der Waals surface area contributed by atoms with Crippen LogP contribution in [-0.4, -0.2) is 48.9 Å². The second-order valence-corrected chi connectivity index (χ2v) is 4.60. The molecule has 2 rings (SSSR count). The van der Waals surface area contributed by atoms with Gasteiger partial charge in [-0.25, -0.2) is 0 Å². The number of carbonyl (C=O) groups is 1. The zero-order chi connectivity index (χ0) is 9.42. The molecule has 2 heterocycles. The summed E-state index contributed by atoms with van der Waals surface area (Å²) in [4.78, 5) is 16.1. The summed E-state index contributed by atoms with van der Waals surface area (Å²) in [5, 5.41) is 0. The van der Waals surface area contributed by atoms with Crippen molar-refractivity contribution in [1.82, 2.24) is 9.80 Å². The smallest absolute Gasteiger partial charge is 0.227 e. The van der Waals surface area contributed by atoms with Gasteiger partial charge in [-0.3, -0.25) is 4.79 Å². The molecule has 1 atom stereocenters. The molecule has 13 heavy (non-hydrogen) atoms. The minimum Gasteiger partial charge on any atom is -0.342 e. The quantitative estimate of drug-likeness (QED) is 0.586. The number of hydrogen-bond acceptors (Lipinski definition) is 2. The first-order chi connectivity index (χ1) is 6.16. The van der Waals surface area contributed by atoms with Crippen molar-refractivity contribution in [2.24, 2.45) is 11.8 Å². The third kappa shape index (κ3) is 1.70. The van der Waals surface area contributed by atoms with E-state index in [1.165, 1.54) is 0 Å². The van der Waals surface area contributed by atoms with Crippen LogP contribution in [0.15, 0.2) is 0 Å². The number of carbonyl (C=O) groups excluding carboxylic acids is 1. The van der Waals surface area contributed by atoms with Crippen molar-refractivity contribution in [3.8, 4) is 0 Å². The molecule has 1 unspecified atom stereocenters. The Balaban J connectivity index is 1.84. The van der Waals surface area contributed by atoms with Gasteiger partial charge in [0.1, 0.15) is 0 Å². The second-order valence-electron chi connectivity index (χ2n) is 4.60. The van der Waals surface area contributed by atoms with Crippen LogP contribution in [0, 0.1) is 11.8 Å². The first-order valence-corrected chi connectivity index (χ1v) is 5.14. The Hall–Kier alpha value is -0.570. The van der Waals surface area contributed by atoms with Gasteiger partial charge < -0.3 is 9.80 Å². The minimum atomic E-state index is 0.289. The molecule has 74 valence electrons.